The first-order chi connectivity index (χ1) is 20.5. The topological polar surface area (TPSA) is 38.4 Å². The number of rotatable bonds is 9. The summed E-state index contributed by atoms with van der Waals surface area (Å²) in [7, 11) is 0. The van der Waals surface area contributed by atoms with E-state index >= 15 is 0 Å². The van der Waals surface area contributed by atoms with Crippen LogP contribution in [0.25, 0.3) is 0 Å². The standard InChI is InChI=1S/C18H16INS2.C17H18INS/c1-2-4-14-5-3-6-15(11-12-19)18(14)22-17-9-7-16(8-10-17)20-13-21;1-2-4-13-5-3-6-14(11-12-18)17(13)20-16-9-7-15(19)8-10-16/h2,4,7-12H,1,3,5-6H2;2,4,7-12H,1,3,5-6,19H2/b12-11+,14-4+;12-11+,13-4?. The maximum atomic E-state index is 5.75. The van der Waals surface area contributed by atoms with Gasteiger partial charge in [-0.15, -0.1) is 0 Å². The van der Waals surface area contributed by atoms with Gasteiger partial charge in [0.25, 0.3) is 0 Å². The summed E-state index contributed by atoms with van der Waals surface area (Å²) in [5.74, 6) is 0. The van der Waals surface area contributed by atoms with E-state index < -0.39 is 0 Å². The highest BCUT2D eigenvalue weighted by Gasteiger charge is 2.18. The molecule has 0 radical (unpaired) electrons. The summed E-state index contributed by atoms with van der Waals surface area (Å²) in [6, 6.07) is 16.2. The van der Waals surface area contributed by atoms with Gasteiger partial charge in [-0.25, -0.2) is 0 Å². The monoisotopic (exact) mass is 832 g/mol. The zero-order valence-corrected chi connectivity index (χ0v) is 30.2. The lowest BCUT2D eigenvalue weighted by molar-refractivity contribution is 0.793. The normalized spacial score (nSPS) is 17.4. The number of nitrogens with two attached hydrogens (primary N) is 1. The van der Waals surface area contributed by atoms with Crippen LogP contribution in [0.5, 0.6) is 0 Å². The molecule has 0 amide bonds. The number of benzene rings is 2. The molecule has 2 aliphatic carbocycles. The summed E-state index contributed by atoms with van der Waals surface area (Å²) in [5, 5.41) is 2.39. The molecule has 2 N–H and O–H groups in total. The number of thioether (sulfide) groups is 2. The third-order valence-corrected chi connectivity index (χ3v) is 9.73. The fourth-order valence-electron chi connectivity index (χ4n) is 4.55. The molecule has 0 bridgehead atoms. The van der Waals surface area contributed by atoms with Crippen molar-refractivity contribution >= 4 is 97.5 Å². The van der Waals surface area contributed by atoms with Gasteiger partial charge in [-0.3, -0.25) is 0 Å². The highest BCUT2D eigenvalue weighted by atomic mass is 127. The predicted molar refractivity (Wildman–Crippen MR) is 208 cm³/mol. The number of nitrogen functional groups attached to an aromatic ring is 1. The molecule has 42 heavy (non-hydrogen) atoms. The van der Waals surface area contributed by atoms with Gasteiger partial charge in [0, 0.05) is 25.3 Å². The fraction of sp³-hybridized carbons (Fsp3) is 0.171. The molecule has 2 aromatic rings. The van der Waals surface area contributed by atoms with E-state index in [-0.39, 0.29) is 0 Å². The van der Waals surface area contributed by atoms with Crippen LogP contribution in [0, 0.1) is 0 Å². The van der Waals surface area contributed by atoms with Crippen LogP contribution < -0.4 is 5.73 Å². The maximum Gasteiger partial charge on any atom is 0.0740 e. The Kier molecular flexibility index (Phi) is 16.0. The molecular formula is C35H34I2N2S3. The van der Waals surface area contributed by atoms with Crippen molar-refractivity contribution in [1.82, 2.24) is 0 Å². The van der Waals surface area contributed by atoms with Crippen molar-refractivity contribution in [2.45, 2.75) is 48.3 Å². The number of aliphatic imine (C=N–C) groups is 1. The van der Waals surface area contributed by atoms with Gasteiger partial charge in [-0.1, -0.05) is 118 Å². The van der Waals surface area contributed by atoms with Crippen LogP contribution in [0.2, 0.25) is 0 Å². The SMILES string of the molecule is C=C/C=C1\CCCC(/C=C/I)=C1Sc1ccc(N=C=S)cc1.C=CC=C1CCCC(/C=C/I)=C1Sc1ccc(N)cc1. The summed E-state index contributed by atoms with van der Waals surface area (Å²) in [5.41, 5.74) is 13.0. The molecule has 2 aromatic carbocycles. The van der Waals surface area contributed by atoms with Crippen molar-refractivity contribution in [2.75, 3.05) is 5.73 Å². The number of halogens is 2. The zero-order valence-electron chi connectivity index (χ0n) is 23.4. The van der Waals surface area contributed by atoms with Crippen molar-refractivity contribution in [3.8, 4) is 0 Å². The Balaban J connectivity index is 0.000000231. The third-order valence-electron chi connectivity index (χ3n) is 6.45. The molecule has 0 unspecified atom stereocenters. The average Bonchev–Trinajstić information content (AvgIpc) is 2.99. The van der Waals surface area contributed by atoms with E-state index in [0.29, 0.717) is 0 Å². The minimum Gasteiger partial charge on any atom is -0.399 e. The Labute approximate surface area is 292 Å². The molecule has 0 saturated heterocycles. The molecule has 0 heterocycles. The maximum absolute atomic E-state index is 5.75. The van der Waals surface area contributed by atoms with Gasteiger partial charge >= 0.3 is 0 Å². The van der Waals surface area contributed by atoms with Crippen molar-refractivity contribution in [2.24, 2.45) is 4.99 Å². The molecule has 2 aliphatic rings. The van der Waals surface area contributed by atoms with Crippen molar-refractivity contribution in [1.29, 1.82) is 0 Å². The minimum atomic E-state index is 0.807. The summed E-state index contributed by atoms with van der Waals surface area (Å²) in [6.07, 6.45) is 19.4. The van der Waals surface area contributed by atoms with Crippen molar-refractivity contribution < 1.29 is 0 Å². The molecule has 0 aromatic heterocycles. The molecular weight excluding hydrogens is 798 g/mol. The first kappa shape index (κ1) is 34.6. The van der Waals surface area contributed by atoms with Crippen molar-refractivity contribution in [3.05, 3.63) is 138 Å². The Hall–Kier alpha value is -1.88. The van der Waals surface area contributed by atoms with E-state index in [0.717, 1.165) is 37.1 Å². The molecule has 0 saturated carbocycles. The van der Waals surface area contributed by atoms with Gasteiger partial charge in [0.05, 0.1) is 10.8 Å². The summed E-state index contributed by atoms with van der Waals surface area (Å²) >= 11 is 12.8. The number of thiocarbonyl (C=S) groups is 1. The number of nitrogens with zero attached hydrogens (tertiary/aromatic N) is 1. The molecule has 0 fully saturated rings. The second-order valence-corrected chi connectivity index (χ2v) is 13.1. The lowest BCUT2D eigenvalue weighted by atomic mass is 9.94. The summed E-state index contributed by atoms with van der Waals surface area (Å²) < 4.78 is 4.18. The van der Waals surface area contributed by atoms with Crippen LogP contribution in [-0.2, 0) is 0 Å². The van der Waals surface area contributed by atoms with Gasteiger partial charge in [0.15, 0.2) is 0 Å². The van der Waals surface area contributed by atoms with Gasteiger partial charge in [-0.2, -0.15) is 4.99 Å². The number of allylic oxidation sites excluding steroid dienone is 10. The Morgan fingerprint density at radius 2 is 1.19 bits per heavy atom. The molecule has 216 valence electrons. The van der Waals surface area contributed by atoms with Gasteiger partial charge in [0.2, 0.25) is 0 Å². The molecule has 4 rings (SSSR count). The van der Waals surface area contributed by atoms with Crippen LogP contribution in [-0.4, -0.2) is 5.16 Å². The Morgan fingerprint density at radius 3 is 1.60 bits per heavy atom. The quantitative estimate of drug-likeness (QED) is 0.118. The van der Waals surface area contributed by atoms with Crippen LogP contribution >= 0.6 is 80.9 Å². The van der Waals surface area contributed by atoms with Gasteiger partial charge < -0.3 is 5.73 Å². The van der Waals surface area contributed by atoms with E-state index in [2.05, 4.69) is 137 Å². The van der Waals surface area contributed by atoms with E-state index in [1.54, 1.807) is 0 Å². The van der Waals surface area contributed by atoms with E-state index in [4.69, 9.17) is 5.73 Å². The molecule has 2 nitrogen and oxygen atoms in total. The lowest BCUT2D eigenvalue weighted by Gasteiger charge is -2.21. The fourth-order valence-corrected chi connectivity index (χ4v) is 7.75. The van der Waals surface area contributed by atoms with Gasteiger partial charge in [0.1, 0.15) is 0 Å². The highest BCUT2D eigenvalue weighted by molar-refractivity contribution is 14.1. The lowest BCUT2D eigenvalue weighted by Crippen LogP contribution is -1.99. The van der Waals surface area contributed by atoms with Crippen LogP contribution in [0.4, 0.5) is 11.4 Å². The first-order valence-electron chi connectivity index (χ1n) is 13.6. The van der Waals surface area contributed by atoms with Crippen LogP contribution in [0.15, 0.2) is 153 Å². The summed E-state index contributed by atoms with van der Waals surface area (Å²) in [6.45, 7) is 7.68. The minimum absolute atomic E-state index is 0.807. The number of isothiocyanates is 1. The third kappa shape index (κ3) is 11.0. The Morgan fingerprint density at radius 1 is 0.738 bits per heavy atom. The largest absolute Gasteiger partial charge is 0.399 e. The number of hydrogen-bond acceptors (Lipinski definition) is 5. The molecule has 0 spiro atoms. The zero-order chi connectivity index (χ0) is 30.2. The van der Waals surface area contributed by atoms with Crippen molar-refractivity contribution in [3.63, 3.8) is 0 Å². The Bertz CT molecular complexity index is 1470. The smallest absolute Gasteiger partial charge is 0.0740 e. The van der Waals surface area contributed by atoms with E-state index in [9.17, 15) is 0 Å². The predicted octanol–water partition coefficient (Wildman–Crippen LogP) is 12.9. The first-order valence-corrected chi connectivity index (χ1v) is 18.1. The van der Waals surface area contributed by atoms with Crippen LogP contribution in [0.3, 0.4) is 0 Å². The highest BCUT2D eigenvalue weighted by Crippen LogP contribution is 2.43. The molecule has 7 heteroatoms. The van der Waals surface area contributed by atoms with E-state index in [1.165, 1.54) is 54.7 Å². The van der Waals surface area contributed by atoms with Gasteiger partial charge in [-0.05, 0) is 130 Å². The second-order valence-electron chi connectivity index (χ2n) is 9.33. The van der Waals surface area contributed by atoms with Crippen LogP contribution in [0.1, 0.15) is 38.5 Å². The number of hydrogen-bond donors (Lipinski definition) is 1. The average molecular weight is 833 g/mol. The second kappa shape index (κ2) is 19.4. The summed E-state index contributed by atoms with van der Waals surface area (Å²) in [4.78, 5) is 9.14. The number of anilines is 1. The molecule has 0 atom stereocenters. The molecule has 0 aliphatic heterocycles. The van der Waals surface area contributed by atoms with E-state index in [1.807, 2.05) is 59.9 Å².